The van der Waals surface area contributed by atoms with Crippen molar-refractivity contribution in [2.45, 2.75) is 32.9 Å². The minimum atomic E-state index is 0.120. The van der Waals surface area contributed by atoms with Crippen LogP contribution in [0, 0.1) is 0 Å². The Morgan fingerprint density at radius 3 is 2.58 bits per heavy atom. The molecule has 1 unspecified atom stereocenters. The zero-order valence-corrected chi connectivity index (χ0v) is 16.3. The minimum Gasteiger partial charge on any atom is -0.379 e. The van der Waals surface area contributed by atoms with E-state index in [-0.39, 0.29) is 6.04 Å². The van der Waals surface area contributed by atoms with E-state index in [1.807, 2.05) is 18.2 Å². The van der Waals surface area contributed by atoms with Gasteiger partial charge in [0.1, 0.15) is 0 Å². The first-order valence-electron chi connectivity index (χ1n) is 9.11. The zero-order chi connectivity index (χ0) is 19.1. The lowest BCUT2D eigenvalue weighted by Gasteiger charge is -2.22. The standard InChI is InChI=1S/C24H30N2/c1-7-18(3)26(6)17-21-12-11-14-23(16-21)25-20(5)19(4)24-15-10-9-13-22(24)8-2/h8-16,20,25H,2-4,7,17H2,1,5-6H3. The second kappa shape index (κ2) is 9.10. The van der Waals surface area contributed by atoms with Crippen LogP contribution < -0.4 is 5.32 Å². The first kappa shape index (κ1) is 19.6. The largest absolute Gasteiger partial charge is 0.379 e. The molecular formula is C24H30N2. The quantitative estimate of drug-likeness (QED) is 0.581. The van der Waals surface area contributed by atoms with E-state index in [0.29, 0.717) is 0 Å². The van der Waals surface area contributed by atoms with Gasteiger partial charge >= 0.3 is 0 Å². The van der Waals surface area contributed by atoms with Crippen LogP contribution in [-0.4, -0.2) is 18.0 Å². The summed E-state index contributed by atoms with van der Waals surface area (Å²) < 4.78 is 0. The van der Waals surface area contributed by atoms with Crippen LogP contribution in [-0.2, 0) is 6.54 Å². The van der Waals surface area contributed by atoms with Crippen LogP contribution in [0.2, 0.25) is 0 Å². The lowest BCUT2D eigenvalue weighted by Crippen LogP contribution is -2.18. The van der Waals surface area contributed by atoms with E-state index < -0.39 is 0 Å². The van der Waals surface area contributed by atoms with Crippen molar-refractivity contribution in [1.82, 2.24) is 4.90 Å². The summed E-state index contributed by atoms with van der Waals surface area (Å²) in [5.41, 5.74) is 6.81. The fraction of sp³-hybridized carbons (Fsp3) is 0.250. The summed E-state index contributed by atoms with van der Waals surface area (Å²) in [6, 6.07) is 16.9. The van der Waals surface area contributed by atoms with Crippen molar-refractivity contribution >= 4 is 17.3 Å². The molecule has 0 aliphatic rings. The number of nitrogens with zero attached hydrogens (tertiary/aromatic N) is 1. The molecule has 1 N–H and O–H groups in total. The summed E-state index contributed by atoms with van der Waals surface area (Å²) in [7, 11) is 2.09. The van der Waals surface area contributed by atoms with Crippen LogP contribution in [0.5, 0.6) is 0 Å². The maximum absolute atomic E-state index is 4.30. The molecule has 2 rings (SSSR count). The number of allylic oxidation sites excluding steroid dienone is 1. The molecule has 0 amide bonds. The predicted molar refractivity (Wildman–Crippen MR) is 116 cm³/mol. The highest BCUT2D eigenvalue weighted by Crippen LogP contribution is 2.24. The maximum Gasteiger partial charge on any atom is 0.0485 e. The second-order valence-corrected chi connectivity index (χ2v) is 6.66. The van der Waals surface area contributed by atoms with Gasteiger partial charge in [-0.15, -0.1) is 0 Å². The second-order valence-electron chi connectivity index (χ2n) is 6.66. The third-order valence-electron chi connectivity index (χ3n) is 4.73. The van der Waals surface area contributed by atoms with E-state index >= 15 is 0 Å². The molecule has 0 spiro atoms. The fourth-order valence-electron chi connectivity index (χ4n) is 2.95. The van der Waals surface area contributed by atoms with E-state index in [4.69, 9.17) is 0 Å². The molecule has 0 aromatic heterocycles. The van der Waals surface area contributed by atoms with Crippen molar-refractivity contribution in [1.29, 1.82) is 0 Å². The summed E-state index contributed by atoms with van der Waals surface area (Å²) in [5, 5.41) is 3.57. The van der Waals surface area contributed by atoms with Gasteiger partial charge in [-0.25, -0.2) is 0 Å². The van der Waals surface area contributed by atoms with Crippen LogP contribution in [0.15, 0.2) is 74.0 Å². The number of nitrogens with one attached hydrogen (secondary N) is 1. The number of anilines is 1. The molecule has 26 heavy (non-hydrogen) atoms. The SMILES string of the molecule is C=Cc1ccccc1C(=C)C(C)Nc1cccc(CN(C)C(=C)CC)c1. The monoisotopic (exact) mass is 346 g/mol. The van der Waals surface area contributed by atoms with Gasteiger partial charge in [0.05, 0.1) is 0 Å². The van der Waals surface area contributed by atoms with Crippen LogP contribution in [0.1, 0.15) is 37.0 Å². The highest BCUT2D eigenvalue weighted by molar-refractivity contribution is 5.77. The molecule has 2 heteroatoms. The van der Waals surface area contributed by atoms with Gasteiger partial charge in [-0.3, -0.25) is 0 Å². The molecule has 0 radical (unpaired) electrons. The molecule has 0 bridgehead atoms. The summed E-state index contributed by atoms with van der Waals surface area (Å²) in [6.07, 6.45) is 2.85. The van der Waals surface area contributed by atoms with Gasteiger partial charge < -0.3 is 10.2 Å². The number of benzene rings is 2. The van der Waals surface area contributed by atoms with E-state index in [0.717, 1.165) is 41.1 Å². The van der Waals surface area contributed by atoms with E-state index in [1.54, 1.807) is 0 Å². The van der Waals surface area contributed by atoms with Crippen molar-refractivity contribution in [3.05, 3.63) is 90.7 Å². The third kappa shape index (κ3) is 4.89. The van der Waals surface area contributed by atoms with Crippen molar-refractivity contribution in [3.63, 3.8) is 0 Å². The van der Waals surface area contributed by atoms with E-state index in [1.165, 1.54) is 5.56 Å². The molecule has 2 aromatic rings. The van der Waals surface area contributed by atoms with Gasteiger partial charge in [0.25, 0.3) is 0 Å². The summed E-state index contributed by atoms with van der Waals surface area (Å²) in [5.74, 6) is 0. The highest BCUT2D eigenvalue weighted by Gasteiger charge is 2.11. The van der Waals surface area contributed by atoms with Gasteiger partial charge in [-0.1, -0.05) is 69.1 Å². The Labute approximate surface area is 158 Å². The predicted octanol–water partition coefficient (Wildman–Crippen LogP) is 6.20. The van der Waals surface area contributed by atoms with Crippen molar-refractivity contribution in [2.24, 2.45) is 0 Å². The molecule has 0 fully saturated rings. The lowest BCUT2D eigenvalue weighted by molar-refractivity contribution is 0.401. The maximum atomic E-state index is 4.30. The fourth-order valence-corrected chi connectivity index (χ4v) is 2.95. The van der Waals surface area contributed by atoms with E-state index in [2.05, 4.69) is 87.2 Å². The van der Waals surface area contributed by atoms with Crippen LogP contribution in [0.25, 0.3) is 11.6 Å². The number of hydrogen-bond donors (Lipinski definition) is 1. The lowest BCUT2D eigenvalue weighted by atomic mass is 9.96. The Morgan fingerprint density at radius 1 is 1.15 bits per heavy atom. The Morgan fingerprint density at radius 2 is 1.88 bits per heavy atom. The Balaban J connectivity index is 2.10. The van der Waals surface area contributed by atoms with Crippen molar-refractivity contribution in [3.8, 4) is 0 Å². The third-order valence-corrected chi connectivity index (χ3v) is 4.73. The van der Waals surface area contributed by atoms with Gasteiger partial charge in [0.15, 0.2) is 0 Å². The molecule has 136 valence electrons. The number of rotatable bonds is 9. The molecule has 0 aliphatic heterocycles. The first-order chi connectivity index (χ1) is 12.5. The first-order valence-corrected chi connectivity index (χ1v) is 9.11. The molecular weight excluding hydrogens is 316 g/mol. The molecule has 0 aliphatic carbocycles. The Bertz CT molecular complexity index is 788. The van der Waals surface area contributed by atoms with Crippen molar-refractivity contribution in [2.75, 3.05) is 12.4 Å². The number of hydrogen-bond acceptors (Lipinski definition) is 2. The summed E-state index contributed by atoms with van der Waals surface area (Å²) in [6.45, 7) is 17.4. The average Bonchev–Trinajstić information content (AvgIpc) is 2.66. The smallest absolute Gasteiger partial charge is 0.0485 e. The molecule has 0 saturated heterocycles. The van der Waals surface area contributed by atoms with Crippen LogP contribution in [0.3, 0.4) is 0 Å². The van der Waals surface area contributed by atoms with Crippen LogP contribution in [0.4, 0.5) is 5.69 Å². The average molecular weight is 347 g/mol. The Kier molecular flexibility index (Phi) is 6.85. The van der Waals surface area contributed by atoms with Crippen LogP contribution >= 0.6 is 0 Å². The van der Waals surface area contributed by atoms with Crippen molar-refractivity contribution < 1.29 is 0 Å². The van der Waals surface area contributed by atoms with Gasteiger partial charge in [-0.2, -0.15) is 0 Å². The molecule has 1 atom stereocenters. The van der Waals surface area contributed by atoms with Gasteiger partial charge in [-0.05, 0) is 47.7 Å². The Hall–Kier alpha value is -2.74. The molecule has 2 nitrogen and oxygen atoms in total. The molecule has 0 saturated carbocycles. The van der Waals surface area contributed by atoms with Gasteiger partial charge in [0, 0.05) is 31.0 Å². The highest BCUT2D eigenvalue weighted by atomic mass is 15.1. The molecule has 2 aromatic carbocycles. The minimum absolute atomic E-state index is 0.120. The molecule has 0 heterocycles. The summed E-state index contributed by atoms with van der Waals surface area (Å²) in [4.78, 5) is 2.20. The summed E-state index contributed by atoms with van der Waals surface area (Å²) >= 11 is 0. The van der Waals surface area contributed by atoms with Gasteiger partial charge in [0.2, 0.25) is 0 Å². The van der Waals surface area contributed by atoms with E-state index in [9.17, 15) is 0 Å². The zero-order valence-electron chi connectivity index (χ0n) is 16.3. The normalized spacial score (nSPS) is 11.5. The topological polar surface area (TPSA) is 15.3 Å².